The molecule has 1 spiro atoms. The molecule has 4 amide bonds. The number of aromatic hydroxyl groups is 1. The van der Waals surface area contributed by atoms with Crippen molar-refractivity contribution in [3.05, 3.63) is 71.4 Å². The number of benzene rings is 3. The van der Waals surface area contributed by atoms with Crippen molar-refractivity contribution in [3.8, 4) is 41.1 Å². The monoisotopic (exact) mass is 1020 g/mol. The van der Waals surface area contributed by atoms with Gasteiger partial charge in [0.05, 0.1) is 30.4 Å². The van der Waals surface area contributed by atoms with E-state index in [-0.39, 0.29) is 87.2 Å². The van der Waals surface area contributed by atoms with E-state index in [0.29, 0.717) is 72.3 Å². The molecule has 11 rings (SSSR count). The Kier molecular flexibility index (Phi) is 13.8. The number of anilines is 2. The Bertz CT molecular complexity index is 3070. The molecule has 0 radical (unpaired) electrons. The number of nitrogens with zero attached hydrogens (tertiary/aromatic N) is 8. The molecule has 5 aliphatic heterocycles. The summed E-state index contributed by atoms with van der Waals surface area (Å²) in [5.74, 6) is 2.20. The molecule has 6 aliphatic rings. The number of phenolic OH excluding ortho intramolecular Hbond substituents is 1. The van der Waals surface area contributed by atoms with Crippen LogP contribution in [0.2, 0.25) is 0 Å². The predicted octanol–water partition coefficient (Wildman–Crippen LogP) is 7.34. The first kappa shape index (κ1) is 50.5. The molecule has 2 unspecified atom stereocenters. The third-order valence-corrected chi connectivity index (χ3v) is 16.9. The number of fused-ring (bicyclic) bond motifs is 4. The Hall–Kier alpha value is -6.68. The van der Waals surface area contributed by atoms with Gasteiger partial charge in [-0.15, -0.1) is 6.42 Å². The normalized spacial score (nSPS) is 21.7. The second kappa shape index (κ2) is 20.5. The first-order valence-electron chi connectivity index (χ1n) is 26.6. The van der Waals surface area contributed by atoms with Gasteiger partial charge in [-0.2, -0.15) is 9.97 Å². The fourth-order valence-corrected chi connectivity index (χ4v) is 12.8. The van der Waals surface area contributed by atoms with Gasteiger partial charge in [0.1, 0.15) is 34.3 Å². The number of imide groups is 1. The van der Waals surface area contributed by atoms with E-state index in [4.69, 9.17) is 25.9 Å². The molecule has 1 saturated carbocycles. The number of aromatic nitrogens is 3. The molecule has 1 aliphatic carbocycles. The van der Waals surface area contributed by atoms with Crippen LogP contribution in [0.3, 0.4) is 0 Å². The van der Waals surface area contributed by atoms with E-state index >= 15 is 8.78 Å². The molecule has 18 heteroatoms. The lowest BCUT2D eigenvalue weighted by Crippen LogP contribution is -2.51. The number of likely N-dealkylation sites (tertiary alicyclic amines) is 1. The molecule has 2 atom stereocenters. The molecule has 16 nitrogen and oxygen atoms in total. The summed E-state index contributed by atoms with van der Waals surface area (Å²) < 4.78 is 44.2. The lowest BCUT2D eigenvalue weighted by atomic mass is 9.65. The zero-order valence-corrected chi connectivity index (χ0v) is 43.1. The number of methoxy groups -OCH3 is 1. The van der Waals surface area contributed by atoms with Crippen molar-refractivity contribution >= 4 is 51.0 Å². The molecule has 5 aromatic rings. The van der Waals surface area contributed by atoms with E-state index in [1.807, 2.05) is 4.90 Å². The number of phenols is 1. The maximum Gasteiger partial charge on any atom is 0.328 e. The molecule has 3 aromatic carbocycles. The van der Waals surface area contributed by atoms with Crippen LogP contribution in [0.4, 0.5) is 25.1 Å². The first-order chi connectivity index (χ1) is 36.1. The predicted molar refractivity (Wildman–Crippen MR) is 282 cm³/mol. The zero-order valence-electron chi connectivity index (χ0n) is 43.1. The van der Waals surface area contributed by atoms with Gasteiger partial charge in [0.25, 0.3) is 5.91 Å². The van der Waals surface area contributed by atoms with Gasteiger partial charge in [-0.3, -0.25) is 24.8 Å². The fraction of sp³-hybridized carbons (Fsp3) is 0.509. The number of piperazine rings is 2. The number of piperidine rings is 1. The minimum atomic E-state index is -0.743. The highest BCUT2D eigenvalue weighted by atomic mass is 19.1. The molecule has 2 aromatic heterocycles. The minimum Gasteiger partial charge on any atom is -0.508 e. The number of carbonyl (C=O) groups excluding carboxylic acids is 3. The van der Waals surface area contributed by atoms with Crippen LogP contribution in [-0.4, -0.2) is 150 Å². The highest BCUT2D eigenvalue weighted by Crippen LogP contribution is 2.47. The van der Waals surface area contributed by atoms with E-state index in [1.54, 1.807) is 24.4 Å². The summed E-state index contributed by atoms with van der Waals surface area (Å²) in [7, 11) is 1.52. The van der Waals surface area contributed by atoms with Crippen LogP contribution >= 0.6 is 0 Å². The van der Waals surface area contributed by atoms with Crippen LogP contribution in [0.1, 0.15) is 87.6 Å². The number of urea groups is 1. The maximum absolute atomic E-state index is 17.2. The van der Waals surface area contributed by atoms with E-state index in [9.17, 15) is 19.5 Å². The lowest BCUT2D eigenvalue weighted by molar-refractivity contribution is -0.120. The zero-order chi connectivity index (χ0) is 52.2. The summed E-state index contributed by atoms with van der Waals surface area (Å²) in [6.45, 7) is 13.4. The SMILES string of the molecule is C#Cc1c(F)ccc2cc(O)cc(-c3ncc4c(N5CC6CCC(C5)N6)nc(OCC(C)(C)CN5CCN(CC6CCC7(CC6)CCN(C(=O)c6ccc(OC)c(N8CCC(=O)NC8=O)c6)CC7)CC5)nc4c3F)c12. The number of hydrogen-bond acceptors (Lipinski definition) is 13. The second-order valence-electron chi connectivity index (χ2n) is 22.6. The van der Waals surface area contributed by atoms with Crippen LogP contribution in [0.15, 0.2) is 48.7 Å². The van der Waals surface area contributed by atoms with Crippen LogP contribution in [0.5, 0.6) is 17.5 Å². The van der Waals surface area contributed by atoms with Crippen molar-refractivity contribution < 1.29 is 37.7 Å². The van der Waals surface area contributed by atoms with Crippen LogP contribution in [-0.2, 0) is 4.79 Å². The summed E-state index contributed by atoms with van der Waals surface area (Å²) in [6.07, 6.45) is 16.3. The van der Waals surface area contributed by atoms with Crippen molar-refractivity contribution in [1.82, 2.24) is 40.3 Å². The van der Waals surface area contributed by atoms with Gasteiger partial charge in [-0.25, -0.2) is 13.6 Å². The molecule has 6 fully saturated rings. The van der Waals surface area contributed by atoms with E-state index < -0.39 is 17.7 Å². The third-order valence-electron chi connectivity index (χ3n) is 16.9. The van der Waals surface area contributed by atoms with Gasteiger partial charge in [-0.05, 0) is 104 Å². The van der Waals surface area contributed by atoms with Crippen molar-refractivity contribution in [2.45, 2.75) is 83.7 Å². The second-order valence-corrected chi connectivity index (χ2v) is 22.6. The first-order valence-corrected chi connectivity index (χ1v) is 26.6. The highest BCUT2D eigenvalue weighted by molar-refractivity contribution is 6.07. The Balaban J connectivity index is 0.693. The van der Waals surface area contributed by atoms with Crippen molar-refractivity contribution in [2.24, 2.45) is 16.7 Å². The van der Waals surface area contributed by atoms with E-state index in [2.05, 4.69) is 50.1 Å². The topological polar surface area (TPSA) is 169 Å². The third kappa shape index (κ3) is 10.3. The Morgan fingerprint density at radius 3 is 2.36 bits per heavy atom. The summed E-state index contributed by atoms with van der Waals surface area (Å²) in [5.41, 5.74) is 0.974. The quantitative estimate of drug-likeness (QED) is 0.106. The lowest BCUT2D eigenvalue weighted by Gasteiger charge is -2.47. The van der Waals surface area contributed by atoms with Crippen LogP contribution in [0, 0.1) is 40.7 Å². The molecular formula is C57H66F2N10O6. The van der Waals surface area contributed by atoms with Crippen molar-refractivity contribution in [1.29, 1.82) is 0 Å². The van der Waals surface area contributed by atoms with Gasteiger partial charge >= 0.3 is 12.0 Å². The molecule has 3 N–H and O–H groups in total. The number of pyridine rings is 1. The number of rotatable bonds is 12. The van der Waals surface area contributed by atoms with E-state index in [1.165, 1.54) is 62.0 Å². The van der Waals surface area contributed by atoms with Gasteiger partial charge in [0, 0.05) is 119 Å². The smallest absolute Gasteiger partial charge is 0.328 e. The van der Waals surface area contributed by atoms with Gasteiger partial charge < -0.3 is 39.5 Å². The number of carbonyl (C=O) groups is 3. The molecular weight excluding hydrogens is 959 g/mol. The van der Waals surface area contributed by atoms with Crippen molar-refractivity contribution in [3.63, 3.8) is 0 Å². The maximum atomic E-state index is 17.2. The summed E-state index contributed by atoms with van der Waals surface area (Å²) in [6, 6.07) is 10.9. The average Bonchev–Trinajstić information content (AvgIpc) is 3.76. The highest BCUT2D eigenvalue weighted by Gasteiger charge is 2.41. The van der Waals surface area contributed by atoms with Crippen LogP contribution < -0.4 is 29.9 Å². The number of halogens is 2. The number of ether oxygens (including phenoxy) is 2. The minimum absolute atomic E-state index is 0.0224. The molecule has 2 bridgehead atoms. The van der Waals surface area contributed by atoms with Gasteiger partial charge in [0.15, 0.2) is 5.82 Å². The van der Waals surface area contributed by atoms with Gasteiger partial charge in [0.2, 0.25) is 5.91 Å². The number of amides is 4. The molecule has 7 heterocycles. The molecule has 5 saturated heterocycles. The Morgan fingerprint density at radius 1 is 0.920 bits per heavy atom. The largest absolute Gasteiger partial charge is 0.508 e. The fourth-order valence-electron chi connectivity index (χ4n) is 12.8. The number of terminal acetylenes is 1. The molecule has 394 valence electrons. The van der Waals surface area contributed by atoms with Gasteiger partial charge in [-0.1, -0.05) is 25.8 Å². The standard InChI is InChI=1S/C57H66F2N10O6/c1-5-41-44(58)10-6-36-26-40(70)28-42(48(36)41)50-49(59)51-43(29-60-50)52(68-31-38-8-9-39(32-68)61-38)64-54(63-51)75-34-56(2,3)33-66-24-22-65(23-25-66)30-35-12-15-57(16-13-35)17-20-67(21-18-57)53(72)37-7-11-46(74-4)45(27-37)69-19-14-47(71)62-55(69)73/h1,6-7,10-11,26-29,35,38-39,61,70H,8-9,12-25,30-34H2,2-4H3,(H,62,71,73). The Labute approximate surface area is 436 Å². The summed E-state index contributed by atoms with van der Waals surface area (Å²) >= 11 is 0. The molecule has 75 heavy (non-hydrogen) atoms. The average molecular weight is 1030 g/mol. The van der Waals surface area contributed by atoms with E-state index in [0.717, 1.165) is 65.0 Å². The van der Waals surface area contributed by atoms with Crippen molar-refractivity contribution in [2.75, 3.05) is 95.5 Å². The Morgan fingerprint density at radius 2 is 1.65 bits per heavy atom. The van der Waals surface area contributed by atoms with Crippen LogP contribution in [0.25, 0.3) is 32.9 Å². The summed E-state index contributed by atoms with van der Waals surface area (Å²) in [4.78, 5) is 63.1. The number of hydrogen-bond donors (Lipinski definition) is 3. The summed E-state index contributed by atoms with van der Waals surface area (Å²) in [5, 5.41) is 17.9. The number of nitrogens with one attached hydrogen (secondary N) is 2.